The van der Waals surface area contributed by atoms with E-state index < -0.39 is 12.2 Å². The van der Waals surface area contributed by atoms with Gasteiger partial charge in [-0.05, 0) is 32.0 Å². The van der Waals surface area contributed by atoms with Crippen LogP contribution < -0.4 is 0 Å². The van der Waals surface area contributed by atoms with E-state index in [2.05, 4.69) is 15.2 Å². The van der Waals surface area contributed by atoms with Crippen molar-refractivity contribution in [2.24, 2.45) is 0 Å². The number of halogens is 3. The number of alkyl halides is 2. The van der Waals surface area contributed by atoms with Gasteiger partial charge < -0.3 is 0 Å². The maximum atomic E-state index is 14.2. The van der Waals surface area contributed by atoms with Crippen LogP contribution in [0.5, 0.6) is 0 Å². The zero-order valence-electron chi connectivity index (χ0n) is 14.7. The summed E-state index contributed by atoms with van der Waals surface area (Å²) in [7, 11) is 0. The van der Waals surface area contributed by atoms with Crippen LogP contribution in [0.3, 0.4) is 0 Å². The molecule has 3 heterocycles. The monoisotopic (exact) mass is 371 g/mol. The fourth-order valence-corrected chi connectivity index (χ4v) is 3.07. The lowest BCUT2D eigenvalue weighted by atomic mass is 10.1. The summed E-state index contributed by atoms with van der Waals surface area (Å²) in [6, 6.07) is 7.37. The molecule has 1 aromatic carbocycles. The lowest BCUT2D eigenvalue weighted by molar-refractivity contribution is 0.153. The number of fused-ring (bicyclic) bond motifs is 1. The lowest BCUT2D eigenvalue weighted by Crippen LogP contribution is -2.02. The Balaban J connectivity index is 2.00. The molecule has 0 saturated heterocycles. The van der Waals surface area contributed by atoms with Gasteiger partial charge in [0.15, 0.2) is 5.65 Å². The van der Waals surface area contributed by atoms with Crippen molar-refractivity contribution in [3.05, 3.63) is 59.8 Å². The molecule has 0 radical (unpaired) electrons. The van der Waals surface area contributed by atoms with Crippen LogP contribution in [0.25, 0.3) is 28.0 Å². The number of nitrogens with zero attached hydrogens (tertiary/aromatic N) is 5. The van der Waals surface area contributed by atoms with Crippen molar-refractivity contribution in [2.45, 2.75) is 26.8 Å². The molecule has 8 heteroatoms. The third-order valence-corrected chi connectivity index (χ3v) is 4.44. The Labute approximate surface area is 153 Å². The fraction of sp³-hybridized carbons (Fsp3) is 0.211. The molecule has 0 spiro atoms. The average Bonchev–Trinajstić information content (AvgIpc) is 3.24. The highest BCUT2D eigenvalue weighted by atomic mass is 19.3. The predicted molar refractivity (Wildman–Crippen MR) is 95.4 cm³/mol. The Morgan fingerprint density at radius 2 is 1.96 bits per heavy atom. The smallest absolute Gasteiger partial charge is 0.264 e. The molecule has 0 N–H and O–H groups in total. The molecular weight excluding hydrogens is 355 g/mol. The van der Waals surface area contributed by atoms with Crippen molar-refractivity contribution in [2.75, 3.05) is 0 Å². The van der Waals surface area contributed by atoms with E-state index in [1.54, 1.807) is 29.9 Å². The minimum Gasteiger partial charge on any atom is -0.272 e. The summed E-state index contributed by atoms with van der Waals surface area (Å²) in [6.07, 6.45) is 0.347. The molecular formula is C19H16F3N5. The van der Waals surface area contributed by atoms with E-state index in [4.69, 9.17) is 0 Å². The van der Waals surface area contributed by atoms with E-state index in [1.165, 1.54) is 29.1 Å². The summed E-state index contributed by atoms with van der Waals surface area (Å²) in [5.74, 6) is -0.511. The summed E-state index contributed by atoms with van der Waals surface area (Å²) >= 11 is 0. The summed E-state index contributed by atoms with van der Waals surface area (Å²) in [5, 5.41) is 8.65. The van der Waals surface area contributed by atoms with Gasteiger partial charge >= 0.3 is 0 Å². The molecule has 138 valence electrons. The zero-order chi connectivity index (χ0) is 19.1. The van der Waals surface area contributed by atoms with Crippen LogP contribution >= 0.6 is 0 Å². The van der Waals surface area contributed by atoms with Gasteiger partial charge in [-0.2, -0.15) is 10.2 Å². The van der Waals surface area contributed by atoms with Crippen molar-refractivity contribution in [1.29, 1.82) is 0 Å². The second kappa shape index (κ2) is 6.53. The van der Waals surface area contributed by atoms with Crippen molar-refractivity contribution in [3.63, 3.8) is 0 Å². The minimum atomic E-state index is -2.71. The molecule has 27 heavy (non-hydrogen) atoms. The van der Waals surface area contributed by atoms with Crippen molar-refractivity contribution in [3.8, 4) is 16.9 Å². The Morgan fingerprint density at radius 3 is 2.63 bits per heavy atom. The Hall–Kier alpha value is -3.16. The summed E-state index contributed by atoms with van der Waals surface area (Å²) in [4.78, 5) is 4.52. The predicted octanol–water partition coefficient (Wildman–Crippen LogP) is 4.69. The quantitative estimate of drug-likeness (QED) is 0.523. The molecule has 4 aromatic rings. The first-order valence-electron chi connectivity index (χ1n) is 8.45. The molecule has 4 rings (SSSR count). The van der Waals surface area contributed by atoms with Gasteiger partial charge in [0.25, 0.3) is 6.43 Å². The zero-order valence-corrected chi connectivity index (χ0v) is 14.7. The topological polar surface area (TPSA) is 48.5 Å². The average molecular weight is 371 g/mol. The summed E-state index contributed by atoms with van der Waals surface area (Å²) < 4.78 is 44.6. The highest BCUT2D eigenvalue weighted by molar-refractivity contribution is 5.84. The molecule has 5 nitrogen and oxygen atoms in total. The number of hydrogen-bond donors (Lipinski definition) is 0. The maximum absolute atomic E-state index is 14.2. The van der Waals surface area contributed by atoms with Crippen LogP contribution in [0.4, 0.5) is 13.2 Å². The van der Waals surface area contributed by atoms with Crippen molar-refractivity contribution >= 4 is 11.0 Å². The van der Waals surface area contributed by atoms with Crippen LogP contribution in [0.15, 0.2) is 42.7 Å². The van der Waals surface area contributed by atoms with E-state index in [-0.39, 0.29) is 22.3 Å². The van der Waals surface area contributed by atoms with Crippen LogP contribution in [-0.2, 0) is 6.54 Å². The Kier molecular flexibility index (Phi) is 4.18. The Bertz CT molecular complexity index is 1130. The van der Waals surface area contributed by atoms with Crippen LogP contribution in [0, 0.1) is 12.7 Å². The van der Waals surface area contributed by atoms with Gasteiger partial charge in [-0.15, -0.1) is 0 Å². The molecule has 0 fully saturated rings. The van der Waals surface area contributed by atoms with E-state index in [0.29, 0.717) is 23.5 Å². The molecule has 0 saturated carbocycles. The fourth-order valence-electron chi connectivity index (χ4n) is 3.07. The van der Waals surface area contributed by atoms with Crippen LogP contribution in [-0.4, -0.2) is 24.5 Å². The lowest BCUT2D eigenvalue weighted by Gasteiger charge is -2.08. The van der Waals surface area contributed by atoms with Gasteiger partial charge in [-0.3, -0.25) is 4.68 Å². The normalized spacial score (nSPS) is 11.6. The van der Waals surface area contributed by atoms with Gasteiger partial charge in [0, 0.05) is 29.3 Å². The molecule has 0 bridgehead atoms. The van der Waals surface area contributed by atoms with Crippen molar-refractivity contribution < 1.29 is 13.2 Å². The molecule has 0 amide bonds. The second-order valence-corrected chi connectivity index (χ2v) is 6.13. The SMILES string of the molecule is CCn1cc(-c2cc(C(F)F)c3cnn(-c4ccccc4F)c3n2)c(C)n1. The molecule has 0 unspecified atom stereocenters. The first-order valence-corrected chi connectivity index (χ1v) is 8.45. The molecule has 3 aromatic heterocycles. The second-order valence-electron chi connectivity index (χ2n) is 6.13. The van der Waals surface area contributed by atoms with Gasteiger partial charge in [0.2, 0.25) is 0 Å². The third-order valence-electron chi connectivity index (χ3n) is 4.44. The standard InChI is InChI=1S/C19H16F3N5/c1-3-26-10-14(11(2)25-26)16-8-12(18(21)22)13-9-23-27(19(13)24-16)17-7-5-4-6-15(17)20/h4-10,18H,3H2,1-2H3. The first kappa shape index (κ1) is 17.3. The molecule has 0 aliphatic heterocycles. The highest BCUT2D eigenvalue weighted by Gasteiger charge is 2.21. The number of benzene rings is 1. The number of rotatable bonds is 4. The van der Waals surface area contributed by atoms with Gasteiger partial charge in [0.05, 0.1) is 17.6 Å². The first-order chi connectivity index (χ1) is 13.0. The number of para-hydroxylation sites is 1. The molecule has 0 aliphatic rings. The van der Waals surface area contributed by atoms with Crippen molar-refractivity contribution in [1.82, 2.24) is 24.5 Å². The number of pyridine rings is 1. The van der Waals surface area contributed by atoms with E-state index in [1.807, 2.05) is 6.92 Å². The molecule has 0 aliphatic carbocycles. The van der Waals surface area contributed by atoms with Gasteiger partial charge in [-0.25, -0.2) is 22.8 Å². The maximum Gasteiger partial charge on any atom is 0.264 e. The largest absolute Gasteiger partial charge is 0.272 e. The number of aromatic nitrogens is 5. The number of hydrogen-bond acceptors (Lipinski definition) is 3. The minimum absolute atomic E-state index is 0.151. The van der Waals surface area contributed by atoms with Crippen LogP contribution in [0.1, 0.15) is 24.6 Å². The Morgan fingerprint density at radius 1 is 1.19 bits per heavy atom. The number of aryl methyl sites for hydroxylation is 2. The van der Waals surface area contributed by atoms with Gasteiger partial charge in [-0.1, -0.05) is 12.1 Å². The third kappa shape index (κ3) is 2.87. The van der Waals surface area contributed by atoms with E-state index >= 15 is 0 Å². The van der Waals surface area contributed by atoms with E-state index in [0.717, 1.165) is 0 Å². The van der Waals surface area contributed by atoms with Gasteiger partial charge in [0.1, 0.15) is 11.5 Å². The van der Waals surface area contributed by atoms with Crippen LogP contribution in [0.2, 0.25) is 0 Å². The highest BCUT2D eigenvalue weighted by Crippen LogP contribution is 2.33. The van der Waals surface area contributed by atoms with E-state index in [9.17, 15) is 13.2 Å². The molecule has 0 atom stereocenters. The summed E-state index contributed by atoms with van der Waals surface area (Å²) in [5.41, 5.74) is 1.83. The summed E-state index contributed by atoms with van der Waals surface area (Å²) in [6.45, 7) is 4.38.